The second kappa shape index (κ2) is 10.4. The minimum absolute atomic E-state index is 0.0468. The first-order chi connectivity index (χ1) is 15.7. The quantitative estimate of drug-likeness (QED) is 0.499. The van der Waals surface area contributed by atoms with Crippen LogP contribution in [0.5, 0.6) is 0 Å². The highest BCUT2D eigenvalue weighted by Gasteiger charge is 2.40. The smallest absolute Gasteiger partial charge is 0.407 e. The fourth-order valence-corrected chi connectivity index (χ4v) is 3.99. The molecular formula is C24H26F2N2O5. The van der Waals surface area contributed by atoms with Crippen molar-refractivity contribution in [2.75, 3.05) is 13.2 Å². The topological polar surface area (TPSA) is 105 Å². The molecule has 2 aromatic carbocycles. The van der Waals surface area contributed by atoms with Gasteiger partial charge < -0.3 is 20.5 Å². The molecule has 2 amide bonds. The number of carboxylic acids is 1. The summed E-state index contributed by atoms with van der Waals surface area (Å²) in [6, 6.07) is 14.5. The molecule has 0 saturated heterocycles. The van der Waals surface area contributed by atoms with Crippen LogP contribution in [0.15, 0.2) is 48.5 Å². The van der Waals surface area contributed by atoms with Gasteiger partial charge in [0.05, 0.1) is 13.0 Å². The van der Waals surface area contributed by atoms with Gasteiger partial charge in [-0.05, 0) is 28.7 Å². The van der Waals surface area contributed by atoms with E-state index in [1.165, 1.54) is 0 Å². The molecule has 0 heterocycles. The van der Waals surface area contributed by atoms with Crippen LogP contribution in [-0.2, 0) is 14.3 Å². The summed E-state index contributed by atoms with van der Waals surface area (Å²) >= 11 is 0. The number of hydrogen-bond donors (Lipinski definition) is 3. The number of ether oxygens (including phenoxy) is 1. The van der Waals surface area contributed by atoms with Crippen molar-refractivity contribution in [1.82, 2.24) is 10.6 Å². The molecule has 1 atom stereocenters. The Hall–Kier alpha value is -3.49. The number of halogens is 2. The molecule has 3 N–H and O–H groups in total. The average molecular weight is 460 g/mol. The van der Waals surface area contributed by atoms with Crippen molar-refractivity contribution in [2.45, 2.75) is 44.1 Å². The van der Waals surface area contributed by atoms with Crippen LogP contribution in [0.1, 0.15) is 43.2 Å². The van der Waals surface area contributed by atoms with Crippen molar-refractivity contribution >= 4 is 18.0 Å². The zero-order chi connectivity index (χ0) is 24.0. The summed E-state index contributed by atoms with van der Waals surface area (Å²) in [7, 11) is 0. The van der Waals surface area contributed by atoms with Gasteiger partial charge in [-0.15, -0.1) is 0 Å². The summed E-state index contributed by atoms with van der Waals surface area (Å²) in [6.07, 6.45) is -0.773. The SMILES string of the molecule is CCCC(CC(=O)O)NC(=O)C(F)(F)CNC(=O)OCC1c2ccccc2-c2ccccc21. The van der Waals surface area contributed by atoms with Crippen LogP contribution < -0.4 is 10.6 Å². The normalized spacial score (nSPS) is 13.5. The van der Waals surface area contributed by atoms with Crippen LogP contribution in [0.4, 0.5) is 13.6 Å². The molecule has 7 nitrogen and oxygen atoms in total. The van der Waals surface area contributed by atoms with Gasteiger partial charge in [-0.25, -0.2) is 4.79 Å². The molecule has 1 aliphatic carbocycles. The molecule has 0 bridgehead atoms. The number of hydrogen-bond acceptors (Lipinski definition) is 4. The molecule has 176 valence electrons. The molecule has 1 unspecified atom stereocenters. The molecule has 2 aromatic rings. The van der Waals surface area contributed by atoms with Crippen LogP contribution in [0.3, 0.4) is 0 Å². The molecule has 0 saturated carbocycles. The Labute approximate surface area is 190 Å². The maximum atomic E-state index is 14.2. The predicted molar refractivity (Wildman–Crippen MR) is 117 cm³/mol. The van der Waals surface area contributed by atoms with E-state index in [9.17, 15) is 23.2 Å². The molecule has 0 aromatic heterocycles. The monoisotopic (exact) mass is 460 g/mol. The van der Waals surface area contributed by atoms with Crippen LogP contribution in [0.2, 0.25) is 0 Å². The van der Waals surface area contributed by atoms with E-state index in [1.807, 2.05) is 53.8 Å². The number of carbonyl (C=O) groups excluding carboxylic acids is 2. The Morgan fingerprint density at radius 1 is 1.06 bits per heavy atom. The number of rotatable bonds is 10. The Morgan fingerprint density at radius 3 is 2.18 bits per heavy atom. The van der Waals surface area contributed by atoms with Gasteiger partial charge in [0.2, 0.25) is 0 Å². The van der Waals surface area contributed by atoms with E-state index in [0.717, 1.165) is 22.3 Å². The molecular weight excluding hydrogens is 434 g/mol. The van der Waals surface area contributed by atoms with Gasteiger partial charge >= 0.3 is 18.0 Å². The fraction of sp³-hybridized carbons (Fsp3) is 0.375. The number of nitrogens with one attached hydrogen (secondary N) is 2. The minimum Gasteiger partial charge on any atom is -0.481 e. The average Bonchev–Trinajstić information content (AvgIpc) is 3.10. The third-order valence-corrected chi connectivity index (χ3v) is 5.52. The van der Waals surface area contributed by atoms with E-state index in [2.05, 4.69) is 5.32 Å². The van der Waals surface area contributed by atoms with E-state index in [1.54, 1.807) is 6.92 Å². The number of carbonyl (C=O) groups is 3. The van der Waals surface area contributed by atoms with E-state index >= 15 is 0 Å². The highest BCUT2D eigenvalue weighted by molar-refractivity contribution is 5.85. The Bertz CT molecular complexity index is 982. The van der Waals surface area contributed by atoms with Gasteiger partial charge in [-0.2, -0.15) is 8.78 Å². The molecule has 33 heavy (non-hydrogen) atoms. The largest absolute Gasteiger partial charge is 0.481 e. The first kappa shape index (κ1) is 24.2. The number of aliphatic carboxylic acids is 1. The van der Waals surface area contributed by atoms with Crippen LogP contribution >= 0.6 is 0 Å². The Kier molecular flexibility index (Phi) is 7.63. The van der Waals surface area contributed by atoms with Crippen molar-refractivity contribution < 1.29 is 33.0 Å². The number of benzene rings is 2. The third-order valence-electron chi connectivity index (χ3n) is 5.52. The number of alkyl halides is 2. The predicted octanol–water partition coefficient (Wildman–Crippen LogP) is 3.92. The van der Waals surface area contributed by atoms with Crippen LogP contribution in [-0.4, -0.2) is 48.2 Å². The van der Waals surface area contributed by atoms with Crippen molar-refractivity contribution in [3.05, 3.63) is 59.7 Å². The maximum absolute atomic E-state index is 14.2. The van der Waals surface area contributed by atoms with Crippen molar-refractivity contribution in [3.8, 4) is 11.1 Å². The molecule has 1 aliphatic rings. The van der Waals surface area contributed by atoms with Crippen molar-refractivity contribution in [3.63, 3.8) is 0 Å². The van der Waals surface area contributed by atoms with Gasteiger partial charge in [-0.1, -0.05) is 61.9 Å². The maximum Gasteiger partial charge on any atom is 0.407 e. The zero-order valence-corrected chi connectivity index (χ0v) is 18.1. The number of fused-ring (bicyclic) bond motifs is 3. The molecule has 9 heteroatoms. The standard InChI is InChI=1S/C24H26F2N2O5/c1-2-7-15(12-21(29)30)28-22(31)24(25,26)14-27-23(32)33-13-20-18-10-5-3-8-16(18)17-9-4-6-11-19(17)20/h3-6,8-11,15,20H,2,7,12-14H2,1H3,(H,27,32)(H,28,31)(H,29,30). The van der Waals surface area contributed by atoms with Crippen molar-refractivity contribution in [1.29, 1.82) is 0 Å². The summed E-state index contributed by atoms with van der Waals surface area (Å²) < 4.78 is 33.6. The lowest BCUT2D eigenvalue weighted by molar-refractivity contribution is -0.146. The fourth-order valence-electron chi connectivity index (χ4n) is 3.99. The van der Waals surface area contributed by atoms with Crippen LogP contribution in [0.25, 0.3) is 11.1 Å². The molecule has 0 aliphatic heterocycles. The molecule has 3 rings (SSSR count). The third kappa shape index (κ3) is 5.85. The van der Waals surface area contributed by atoms with Gasteiger partial charge in [-0.3, -0.25) is 9.59 Å². The Morgan fingerprint density at radius 2 is 1.64 bits per heavy atom. The van der Waals surface area contributed by atoms with Crippen molar-refractivity contribution in [2.24, 2.45) is 0 Å². The first-order valence-corrected chi connectivity index (χ1v) is 10.7. The van der Waals surface area contributed by atoms with Gasteiger partial charge in [0.1, 0.15) is 6.61 Å². The summed E-state index contributed by atoms with van der Waals surface area (Å²) in [5.74, 6) is -6.98. The Balaban J connectivity index is 1.55. The number of carboxylic acid groups (broad SMARTS) is 1. The molecule has 0 spiro atoms. The lowest BCUT2D eigenvalue weighted by Crippen LogP contribution is -2.51. The lowest BCUT2D eigenvalue weighted by atomic mass is 9.98. The summed E-state index contributed by atoms with van der Waals surface area (Å²) in [5, 5.41) is 12.8. The van der Waals surface area contributed by atoms with Crippen LogP contribution in [0, 0.1) is 0 Å². The second-order valence-corrected chi connectivity index (χ2v) is 7.94. The van der Waals surface area contributed by atoms with Gasteiger partial charge in [0.15, 0.2) is 0 Å². The summed E-state index contributed by atoms with van der Waals surface area (Å²) in [6.45, 7) is 0.439. The lowest BCUT2D eigenvalue weighted by Gasteiger charge is -2.21. The molecule has 0 fully saturated rings. The minimum atomic E-state index is -3.92. The summed E-state index contributed by atoms with van der Waals surface area (Å²) in [5.41, 5.74) is 4.04. The zero-order valence-electron chi connectivity index (χ0n) is 18.1. The first-order valence-electron chi connectivity index (χ1n) is 10.7. The van der Waals surface area contributed by atoms with E-state index in [4.69, 9.17) is 9.84 Å². The number of amides is 2. The number of alkyl carbamates (subject to hydrolysis) is 1. The van der Waals surface area contributed by atoms with E-state index in [0.29, 0.717) is 6.42 Å². The van der Waals surface area contributed by atoms with E-state index in [-0.39, 0.29) is 18.9 Å². The second-order valence-electron chi connectivity index (χ2n) is 7.94. The van der Waals surface area contributed by atoms with Gasteiger partial charge in [0.25, 0.3) is 5.91 Å². The van der Waals surface area contributed by atoms with E-state index < -0.39 is 42.9 Å². The molecule has 0 radical (unpaired) electrons. The summed E-state index contributed by atoms with van der Waals surface area (Å²) in [4.78, 5) is 34.9. The highest BCUT2D eigenvalue weighted by Crippen LogP contribution is 2.44. The highest BCUT2D eigenvalue weighted by atomic mass is 19.3. The van der Waals surface area contributed by atoms with Gasteiger partial charge in [0, 0.05) is 12.0 Å².